The van der Waals surface area contributed by atoms with E-state index < -0.39 is 45.0 Å². The van der Waals surface area contributed by atoms with Crippen molar-refractivity contribution in [1.29, 1.82) is 0 Å². The number of hydrogen-bond donors (Lipinski definition) is 1. The van der Waals surface area contributed by atoms with Gasteiger partial charge in [-0.1, -0.05) is 30.3 Å². The Kier molecular flexibility index (Phi) is 7.56. The van der Waals surface area contributed by atoms with Crippen LogP contribution in [0.4, 0.5) is 8.78 Å². The van der Waals surface area contributed by atoms with Crippen molar-refractivity contribution in [3.8, 4) is 0 Å². The largest absolute Gasteiger partial charge is 0.381 e. The van der Waals surface area contributed by atoms with Crippen molar-refractivity contribution in [3.05, 3.63) is 70.8 Å². The van der Waals surface area contributed by atoms with Crippen molar-refractivity contribution < 1.29 is 31.5 Å². The second-order valence-corrected chi connectivity index (χ2v) is 11.3. The van der Waals surface area contributed by atoms with Crippen LogP contribution in [0.2, 0.25) is 0 Å². The van der Waals surface area contributed by atoms with Crippen molar-refractivity contribution in [2.24, 2.45) is 5.73 Å². The number of primary amides is 1. The van der Waals surface area contributed by atoms with Gasteiger partial charge in [0.15, 0.2) is 0 Å². The van der Waals surface area contributed by atoms with Gasteiger partial charge in [-0.05, 0) is 37.5 Å². The fraction of sp³-hybridized carbons (Fsp3) is 0.480. The molecule has 2 heterocycles. The van der Waals surface area contributed by atoms with Crippen LogP contribution < -0.4 is 5.73 Å². The van der Waals surface area contributed by atoms with E-state index in [1.165, 1.54) is 4.31 Å². The number of sulfonamides is 1. The fourth-order valence-electron chi connectivity index (χ4n) is 4.98. The van der Waals surface area contributed by atoms with E-state index in [-0.39, 0.29) is 49.8 Å². The zero-order valence-electron chi connectivity index (χ0n) is 19.6. The van der Waals surface area contributed by atoms with Crippen molar-refractivity contribution in [3.63, 3.8) is 0 Å². The monoisotopic (exact) mass is 508 g/mol. The zero-order valence-corrected chi connectivity index (χ0v) is 20.4. The molecule has 7 nitrogen and oxygen atoms in total. The molecule has 0 saturated carbocycles. The highest BCUT2D eigenvalue weighted by molar-refractivity contribution is 7.89. The molecule has 2 saturated heterocycles. The molecule has 190 valence electrons. The summed E-state index contributed by atoms with van der Waals surface area (Å²) >= 11 is 0. The Morgan fingerprint density at radius 1 is 1.14 bits per heavy atom. The van der Waals surface area contributed by atoms with Gasteiger partial charge in [0.2, 0.25) is 15.9 Å². The molecule has 0 bridgehead atoms. The second-order valence-electron chi connectivity index (χ2n) is 9.20. The Morgan fingerprint density at radius 3 is 2.49 bits per heavy atom. The molecule has 35 heavy (non-hydrogen) atoms. The van der Waals surface area contributed by atoms with Crippen LogP contribution in [-0.2, 0) is 36.4 Å². The first kappa shape index (κ1) is 25.7. The summed E-state index contributed by atoms with van der Waals surface area (Å²) in [6.45, 7) is 1.56. The van der Waals surface area contributed by atoms with Crippen molar-refractivity contribution in [1.82, 2.24) is 4.31 Å². The highest BCUT2D eigenvalue weighted by Crippen LogP contribution is 2.40. The molecule has 2 atom stereocenters. The van der Waals surface area contributed by atoms with Gasteiger partial charge >= 0.3 is 0 Å². The molecular formula is C25H30F2N2O5S. The van der Waals surface area contributed by atoms with Crippen molar-refractivity contribution in [2.75, 3.05) is 19.8 Å². The predicted octanol–water partition coefficient (Wildman–Crippen LogP) is 3.53. The minimum absolute atomic E-state index is 0.0278. The smallest absolute Gasteiger partial charge is 0.243 e. The molecule has 2 aliphatic heterocycles. The first-order valence-electron chi connectivity index (χ1n) is 11.7. The highest BCUT2D eigenvalue weighted by atomic mass is 32.2. The molecule has 1 amide bonds. The Hall–Kier alpha value is -2.40. The third-order valence-electron chi connectivity index (χ3n) is 6.94. The summed E-state index contributed by atoms with van der Waals surface area (Å²) < 4.78 is 70.0. The first-order chi connectivity index (χ1) is 16.6. The first-order valence-corrected chi connectivity index (χ1v) is 13.2. The number of halogens is 2. The molecule has 2 aliphatic rings. The van der Waals surface area contributed by atoms with Crippen LogP contribution >= 0.6 is 0 Å². The fourth-order valence-corrected chi connectivity index (χ4v) is 7.17. The number of nitrogens with zero attached hydrogens (tertiary/aromatic N) is 1. The van der Waals surface area contributed by atoms with Gasteiger partial charge in [-0.15, -0.1) is 0 Å². The van der Waals surface area contributed by atoms with Crippen molar-refractivity contribution in [2.45, 2.75) is 56.0 Å². The van der Waals surface area contributed by atoms with Crippen LogP contribution in [0.25, 0.3) is 0 Å². The lowest BCUT2D eigenvalue weighted by Crippen LogP contribution is -2.45. The number of rotatable bonds is 7. The van der Waals surface area contributed by atoms with E-state index in [0.29, 0.717) is 18.4 Å². The van der Waals surface area contributed by atoms with Gasteiger partial charge in [0, 0.05) is 49.8 Å². The molecule has 0 aromatic heterocycles. The molecule has 0 aliphatic carbocycles. The molecule has 10 heteroatoms. The number of ether oxygens (including phenoxy) is 2. The summed E-state index contributed by atoms with van der Waals surface area (Å²) in [6, 6.07) is 10.6. The van der Waals surface area contributed by atoms with Crippen LogP contribution in [0.15, 0.2) is 42.5 Å². The molecule has 0 unspecified atom stereocenters. The molecule has 2 aromatic rings. The van der Waals surface area contributed by atoms with Crippen LogP contribution in [0, 0.1) is 11.6 Å². The molecule has 0 spiro atoms. The summed E-state index contributed by atoms with van der Waals surface area (Å²) in [5, 5.41) is -0.736. The Morgan fingerprint density at radius 2 is 1.83 bits per heavy atom. The maximum Gasteiger partial charge on any atom is 0.243 e. The average Bonchev–Trinajstić information content (AvgIpc) is 2.83. The summed E-state index contributed by atoms with van der Waals surface area (Å²) in [5.41, 5.74) is 4.55. The van der Waals surface area contributed by atoms with Gasteiger partial charge in [-0.25, -0.2) is 17.2 Å². The van der Waals surface area contributed by atoms with Gasteiger partial charge in [-0.2, -0.15) is 4.31 Å². The lowest BCUT2D eigenvalue weighted by atomic mass is 9.85. The minimum Gasteiger partial charge on any atom is -0.381 e. The molecule has 0 radical (unpaired) electrons. The Bertz CT molecular complexity index is 1170. The number of carbonyl (C=O) groups is 1. The summed E-state index contributed by atoms with van der Waals surface area (Å²) in [5.74, 6) is -2.18. The maximum absolute atomic E-state index is 15.4. The molecular weight excluding hydrogens is 478 g/mol. The molecule has 2 N–H and O–H groups in total. The van der Waals surface area contributed by atoms with Gasteiger partial charge in [0.25, 0.3) is 0 Å². The van der Waals surface area contributed by atoms with Gasteiger partial charge in [-0.3, -0.25) is 4.79 Å². The number of carbonyl (C=O) groups excluding carboxylic acids is 1. The van der Waals surface area contributed by atoms with E-state index in [1.807, 2.05) is 6.07 Å². The second kappa shape index (κ2) is 10.3. The van der Waals surface area contributed by atoms with Gasteiger partial charge in [0.1, 0.15) is 29.1 Å². The maximum atomic E-state index is 15.4. The number of benzene rings is 2. The number of amides is 1. The molecule has 4 rings (SSSR count). The highest BCUT2D eigenvalue weighted by Gasteiger charge is 2.42. The number of nitrogens with two attached hydrogens (primary N) is 1. The van der Waals surface area contributed by atoms with Gasteiger partial charge in [0.05, 0.1) is 0 Å². The lowest BCUT2D eigenvalue weighted by molar-refractivity contribution is -0.144. The SMILES string of the molecule is C[C@H]1CC[C@H](c2ccccc2)S(=O)(=O)N1Cc1cc(F)c(C2(OCC(N)=O)CCOCC2)cc1F. The zero-order chi connectivity index (χ0) is 25.2. The topological polar surface area (TPSA) is 98.9 Å². The third kappa shape index (κ3) is 5.25. The van der Waals surface area contributed by atoms with E-state index in [0.717, 1.165) is 12.1 Å². The number of hydrogen-bond acceptors (Lipinski definition) is 5. The van der Waals surface area contributed by atoms with E-state index in [4.69, 9.17) is 15.2 Å². The summed E-state index contributed by atoms with van der Waals surface area (Å²) in [7, 11) is -3.80. The third-order valence-corrected chi connectivity index (χ3v) is 9.31. The molecule has 2 aromatic carbocycles. The van der Waals surface area contributed by atoms with Crippen LogP contribution in [0.5, 0.6) is 0 Å². The van der Waals surface area contributed by atoms with Crippen molar-refractivity contribution >= 4 is 15.9 Å². The van der Waals surface area contributed by atoms with Crippen LogP contribution in [0.3, 0.4) is 0 Å². The average molecular weight is 509 g/mol. The Labute approximate surface area is 204 Å². The lowest BCUT2D eigenvalue weighted by Gasteiger charge is -2.38. The minimum atomic E-state index is -3.80. The van der Waals surface area contributed by atoms with E-state index >= 15 is 8.78 Å². The summed E-state index contributed by atoms with van der Waals surface area (Å²) in [6.07, 6.45) is 1.52. The van der Waals surface area contributed by atoms with Crippen LogP contribution in [-0.4, -0.2) is 44.5 Å². The molecule has 2 fully saturated rings. The van der Waals surface area contributed by atoms with E-state index in [2.05, 4.69) is 0 Å². The van der Waals surface area contributed by atoms with Crippen LogP contribution in [0.1, 0.15) is 54.5 Å². The van der Waals surface area contributed by atoms with Gasteiger partial charge < -0.3 is 15.2 Å². The van der Waals surface area contributed by atoms with E-state index in [1.54, 1.807) is 31.2 Å². The predicted molar refractivity (Wildman–Crippen MR) is 126 cm³/mol. The van der Waals surface area contributed by atoms with E-state index in [9.17, 15) is 13.2 Å². The standard InChI is InChI=1S/C25H30F2N2O5S/c1-17-7-8-23(18-5-3-2-4-6-18)35(31,32)29(17)15-19-13-22(27)20(14-21(19)26)25(34-16-24(28)30)9-11-33-12-10-25/h2-6,13-14,17,23H,7-12,15-16H2,1H3,(H2,28,30)/t17-,23+/m0/s1. The quantitative estimate of drug-likeness (QED) is 0.617. The Balaban J connectivity index is 1.64. The summed E-state index contributed by atoms with van der Waals surface area (Å²) in [4.78, 5) is 11.3. The normalized spacial score (nSPS) is 24.2.